The first-order valence-corrected chi connectivity index (χ1v) is 6.37. The predicted octanol–water partition coefficient (Wildman–Crippen LogP) is -0.220. The highest BCUT2D eigenvalue weighted by atomic mass is 16.5. The quantitative estimate of drug-likeness (QED) is 0.370. The number of nitrogen functional groups attached to an aromatic ring is 1. The Hall–Kier alpha value is -1.54. The fourth-order valence-electron chi connectivity index (χ4n) is 1.68. The van der Waals surface area contributed by atoms with E-state index in [9.17, 15) is 4.79 Å². The number of carbonyl (C=O) groups is 1. The molecule has 0 saturated carbocycles. The highest BCUT2D eigenvalue weighted by molar-refractivity contribution is 5.93. The largest absolute Gasteiger partial charge is 0.383 e. The van der Waals surface area contributed by atoms with Gasteiger partial charge in [0.25, 0.3) is 5.91 Å². The van der Waals surface area contributed by atoms with Crippen molar-refractivity contribution in [1.29, 1.82) is 0 Å². The standard InChI is InChI=1S/C13H22N4O3/c1-19-7-5-17(6-8-20-2)10-12-4-3-11(9-15-12)13(18)16-14/h3-4,9H,5-8,10,14H2,1-2H3,(H,16,18). The van der Waals surface area contributed by atoms with E-state index in [1.807, 2.05) is 6.07 Å². The van der Waals surface area contributed by atoms with E-state index in [4.69, 9.17) is 15.3 Å². The fourth-order valence-corrected chi connectivity index (χ4v) is 1.68. The molecule has 0 fully saturated rings. The summed E-state index contributed by atoms with van der Waals surface area (Å²) in [4.78, 5) is 17.8. The van der Waals surface area contributed by atoms with Gasteiger partial charge < -0.3 is 9.47 Å². The molecule has 0 aliphatic heterocycles. The van der Waals surface area contributed by atoms with Crippen LogP contribution in [0.4, 0.5) is 0 Å². The van der Waals surface area contributed by atoms with Crippen molar-refractivity contribution < 1.29 is 14.3 Å². The van der Waals surface area contributed by atoms with Crippen molar-refractivity contribution in [2.24, 2.45) is 5.84 Å². The second kappa shape index (κ2) is 9.38. The molecule has 1 rings (SSSR count). The maximum atomic E-state index is 11.3. The van der Waals surface area contributed by atoms with Crippen molar-refractivity contribution in [3.8, 4) is 0 Å². The summed E-state index contributed by atoms with van der Waals surface area (Å²) in [7, 11) is 3.35. The predicted molar refractivity (Wildman–Crippen MR) is 74.9 cm³/mol. The van der Waals surface area contributed by atoms with Gasteiger partial charge in [-0.1, -0.05) is 0 Å². The summed E-state index contributed by atoms with van der Waals surface area (Å²) < 4.78 is 10.2. The molecule has 0 aromatic carbocycles. The monoisotopic (exact) mass is 282 g/mol. The van der Waals surface area contributed by atoms with Crippen LogP contribution in [0.25, 0.3) is 0 Å². The van der Waals surface area contributed by atoms with Crippen LogP contribution in [0.2, 0.25) is 0 Å². The molecule has 0 spiro atoms. The van der Waals surface area contributed by atoms with Crippen LogP contribution in [0.3, 0.4) is 0 Å². The second-order valence-corrected chi connectivity index (χ2v) is 4.27. The maximum Gasteiger partial charge on any atom is 0.266 e. The summed E-state index contributed by atoms with van der Waals surface area (Å²) in [6.45, 7) is 3.57. The van der Waals surface area contributed by atoms with Crippen LogP contribution in [0.5, 0.6) is 0 Å². The molecule has 0 bridgehead atoms. The first kappa shape index (κ1) is 16.5. The van der Waals surface area contributed by atoms with E-state index in [2.05, 4.69) is 15.3 Å². The van der Waals surface area contributed by atoms with E-state index in [1.54, 1.807) is 20.3 Å². The maximum absolute atomic E-state index is 11.3. The molecule has 1 aromatic heterocycles. The van der Waals surface area contributed by atoms with Gasteiger partial charge >= 0.3 is 0 Å². The highest BCUT2D eigenvalue weighted by Gasteiger charge is 2.08. The topological polar surface area (TPSA) is 89.7 Å². The van der Waals surface area contributed by atoms with E-state index in [1.165, 1.54) is 6.20 Å². The molecule has 1 heterocycles. The van der Waals surface area contributed by atoms with Gasteiger partial charge in [0.15, 0.2) is 0 Å². The molecule has 3 N–H and O–H groups in total. The second-order valence-electron chi connectivity index (χ2n) is 4.27. The van der Waals surface area contributed by atoms with Crippen molar-refractivity contribution in [3.05, 3.63) is 29.6 Å². The molecule has 0 unspecified atom stereocenters. The van der Waals surface area contributed by atoms with Crippen molar-refractivity contribution in [1.82, 2.24) is 15.3 Å². The van der Waals surface area contributed by atoms with E-state index >= 15 is 0 Å². The zero-order valence-corrected chi connectivity index (χ0v) is 12.0. The number of nitrogens with two attached hydrogens (primary N) is 1. The highest BCUT2D eigenvalue weighted by Crippen LogP contribution is 2.04. The number of rotatable bonds is 9. The molecule has 1 aromatic rings. The Kier molecular flexibility index (Phi) is 7.74. The Morgan fingerprint density at radius 3 is 2.40 bits per heavy atom. The van der Waals surface area contributed by atoms with Crippen molar-refractivity contribution >= 4 is 5.91 Å². The molecule has 112 valence electrons. The minimum atomic E-state index is -0.348. The Morgan fingerprint density at radius 2 is 1.95 bits per heavy atom. The zero-order valence-electron chi connectivity index (χ0n) is 12.0. The minimum Gasteiger partial charge on any atom is -0.383 e. The third-order valence-corrected chi connectivity index (χ3v) is 2.83. The molecule has 0 atom stereocenters. The zero-order chi connectivity index (χ0) is 14.8. The van der Waals surface area contributed by atoms with Crippen LogP contribution in [0.1, 0.15) is 16.1 Å². The van der Waals surface area contributed by atoms with Crippen LogP contribution in [0.15, 0.2) is 18.3 Å². The molecule has 7 nitrogen and oxygen atoms in total. The molecule has 7 heteroatoms. The van der Waals surface area contributed by atoms with Gasteiger partial charge in [0.05, 0.1) is 24.5 Å². The third-order valence-electron chi connectivity index (χ3n) is 2.83. The average molecular weight is 282 g/mol. The fraction of sp³-hybridized carbons (Fsp3) is 0.538. The summed E-state index contributed by atoms with van der Waals surface area (Å²) in [5.74, 6) is 4.72. The SMILES string of the molecule is COCCN(CCOC)Cc1ccc(C(=O)NN)cn1. The number of ether oxygens (including phenoxy) is 2. The van der Waals surface area contributed by atoms with Crippen LogP contribution in [0, 0.1) is 0 Å². The molecule has 1 amide bonds. The molecule has 0 aliphatic carbocycles. The number of nitrogens with zero attached hydrogens (tertiary/aromatic N) is 2. The van der Waals surface area contributed by atoms with Crippen molar-refractivity contribution in [2.45, 2.75) is 6.54 Å². The first-order valence-electron chi connectivity index (χ1n) is 6.37. The number of hydrazine groups is 1. The van der Waals surface area contributed by atoms with E-state index in [-0.39, 0.29) is 5.91 Å². The van der Waals surface area contributed by atoms with Gasteiger partial charge in [-0.25, -0.2) is 5.84 Å². The Balaban J connectivity index is 2.60. The van der Waals surface area contributed by atoms with E-state index in [0.29, 0.717) is 25.3 Å². The minimum absolute atomic E-state index is 0.348. The number of nitrogens with one attached hydrogen (secondary N) is 1. The van der Waals surface area contributed by atoms with E-state index in [0.717, 1.165) is 18.8 Å². The third kappa shape index (κ3) is 5.62. The average Bonchev–Trinajstić information content (AvgIpc) is 2.49. The number of amides is 1. The summed E-state index contributed by atoms with van der Waals surface area (Å²) in [5, 5.41) is 0. The Morgan fingerprint density at radius 1 is 1.30 bits per heavy atom. The lowest BCUT2D eigenvalue weighted by Gasteiger charge is -2.21. The lowest BCUT2D eigenvalue weighted by Crippen LogP contribution is -2.31. The van der Waals surface area contributed by atoms with Crippen molar-refractivity contribution in [2.75, 3.05) is 40.5 Å². The van der Waals surface area contributed by atoms with Gasteiger partial charge in [0.2, 0.25) is 0 Å². The summed E-state index contributed by atoms with van der Waals surface area (Å²) in [6.07, 6.45) is 1.52. The summed E-state index contributed by atoms with van der Waals surface area (Å²) in [6, 6.07) is 3.52. The number of hydrogen-bond donors (Lipinski definition) is 2. The number of pyridine rings is 1. The molecule has 0 aliphatic rings. The molecular weight excluding hydrogens is 260 g/mol. The van der Waals surface area contributed by atoms with Gasteiger partial charge in [0.1, 0.15) is 0 Å². The van der Waals surface area contributed by atoms with Gasteiger partial charge in [-0.05, 0) is 12.1 Å². The first-order chi connectivity index (χ1) is 9.71. The molecule has 20 heavy (non-hydrogen) atoms. The van der Waals surface area contributed by atoms with Crippen LogP contribution in [-0.2, 0) is 16.0 Å². The molecule has 0 saturated heterocycles. The number of carbonyl (C=O) groups excluding carboxylic acids is 1. The van der Waals surface area contributed by atoms with Gasteiger partial charge in [0, 0.05) is 40.1 Å². The normalized spacial score (nSPS) is 10.8. The van der Waals surface area contributed by atoms with Gasteiger partial charge in [-0.2, -0.15) is 0 Å². The lowest BCUT2D eigenvalue weighted by molar-refractivity contribution is 0.0953. The number of hydrogen-bond acceptors (Lipinski definition) is 6. The Bertz CT molecular complexity index is 389. The smallest absolute Gasteiger partial charge is 0.266 e. The van der Waals surface area contributed by atoms with Crippen LogP contribution in [-0.4, -0.2) is 56.3 Å². The van der Waals surface area contributed by atoms with Crippen LogP contribution < -0.4 is 11.3 Å². The molecule has 0 radical (unpaired) electrons. The number of aromatic nitrogens is 1. The van der Waals surface area contributed by atoms with Crippen LogP contribution >= 0.6 is 0 Å². The van der Waals surface area contributed by atoms with Gasteiger partial charge in [-0.15, -0.1) is 0 Å². The summed E-state index contributed by atoms with van der Waals surface area (Å²) in [5.41, 5.74) is 3.40. The summed E-state index contributed by atoms with van der Waals surface area (Å²) >= 11 is 0. The lowest BCUT2D eigenvalue weighted by atomic mass is 10.2. The Labute approximate surface area is 119 Å². The van der Waals surface area contributed by atoms with Gasteiger partial charge in [-0.3, -0.25) is 20.1 Å². The number of methoxy groups -OCH3 is 2. The molecular formula is C13H22N4O3. The van der Waals surface area contributed by atoms with Crippen molar-refractivity contribution in [3.63, 3.8) is 0 Å². The van der Waals surface area contributed by atoms with E-state index < -0.39 is 0 Å².